The van der Waals surface area contributed by atoms with Crippen molar-refractivity contribution in [3.05, 3.63) is 47.0 Å². The van der Waals surface area contributed by atoms with Gasteiger partial charge in [0.25, 0.3) is 0 Å². The number of Topliss-reactive ketones (excluding diaryl/α,β-unsaturated/α-hetero) is 1. The van der Waals surface area contributed by atoms with E-state index in [1.165, 1.54) is 26.0 Å². The third-order valence-corrected chi connectivity index (χ3v) is 10.7. The highest BCUT2D eigenvalue weighted by Crippen LogP contribution is 2.65. The zero-order chi connectivity index (χ0) is 34.6. The second-order valence-corrected chi connectivity index (χ2v) is 13.4. The van der Waals surface area contributed by atoms with Crippen LogP contribution in [-0.4, -0.2) is 106 Å². The molecule has 4 aliphatic rings. The Bertz CT molecular complexity index is 1420. The van der Waals surface area contributed by atoms with Gasteiger partial charge in [-0.1, -0.05) is 32.0 Å². The second kappa shape index (κ2) is 12.0. The minimum atomic E-state index is -2.19. The summed E-state index contributed by atoms with van der Waals surface area (Å²) in [5.41, 5.74) is -8.59. The molecule has 1 aromatic rings. The van der Waals surface area contributed by atoms with Gasteiger partial charge in [0, 0.05) is 32.3 Å². The number of aliphatic hydroxyl groups is 4. The molecular formula is C33H44O13. The molecule has 3 fully saturated rings. The number of methoxy groups -OCH3 is 1. The van der Waals surface area contributed by atoms with Gasteiger partial charge in [-0.05, 0) is 44.1 Å². The Morgan fingerprint density at radius 1 is 1.00 bits per heavy atom. The molecule has 0 amide bonds. The third-order valence-electron chi connectivity index (χ3n) is 10.7. The molecule has 1 unspecified atom stereocenters. The van der Waals surface area contributed by atoms with Crippen molar-refractivity contribution in [2.24, 2.45) is 16.7 Å². The third kappa shape index (κ3) is 5.03. The van der Waals surface area contributed by atoms with E-state index >= 15 is 0 Å². The maximum absolute atomic E-state index is 14.9. The van der Waals surface area contributed by atoms with Gasteiger partial charge in [-0.15, -0.1) is 0 Å². The highest BCUT2D eigenvalue weighted by Gasteiger charge is 2.79. The summed E-state index contributed by atoms with van der Waals surface area (Å²) in [7, 11) is 2.10. The van der Waals surface area contributed by atoms with Crippen molar-refractivity contribution in [3.63, 3.8) is 0 Å². The standard InChI is InChI=1S/C32H40O12.CH4O/c1-16-21-22(42-17(2)33)24(35)30(6)19(34)13-20-31(15-41-20,44-27(37)40-7)23(30)25(43-26(36)18-11-9-8-10-12-18)32(39,28(21,3)4)14-29(16,5)38;1-2/h8-12,19-20,22-23,25,34,38-39H,13-15H2,1-7H3;2H,1H3/t19-,20+,22+,23?,25-,29-,30+,31-,32+;/m0./s1. The average Bonchev–Trinajstić information content (AvgIpc) is 3.00. The van der Waals surface area contributed by atoms with E-state index in [0.717, 1.165) is 21.1 Å². The maximum Gasteiger partial charge on any atom is 0.508 e. The highest BCUT2D eigenvalue weighted by atomic mass is 16.8. The van der Waals surface area contributed by atoms with Gasteiger partial charge >= 0.3 is 18.1 Å². The van der Waals surface area contributed by atoms with Crippen LogP contribution in [0.25, 0.3) is 0 Å². The van der Waals surface area contributed by atoms with Crippen molar-refractivity contribution in [1.29, 1.82) is 0 Å². The molecule has 13 nitrogen and oxygen atoms in total. The number of benzene rings is 1. The number of hydrogen-bond donors (Lipinski definition) is 4. The lowest BCUT2D eigenvalue weighted by molar-refractivity contribution is -0.345. The number of hydrogen-bond acceptors (Lipinski definition) is 13. The van der Waals surface area contributed by atoms with Crippen molar-refractivity contribution >= 4 is 23.9 Å². The van der Waals surface area contributed by atoms with Crippen LogP contribution in [0, 0.1) is 16.7 Å². The Morgan fingerprint density at radius 2 is 1.61 bits per heavy atom. The van der Waals surface area contributed by atoms with Gasteiger partial charge in [0.2, 0.25) is 0 Å². The van der Waals surface area contributed by atoms with E-state index < -0.39 is 88.3 Å². The van der Waals surface area contributed by atoms with Gasteiger partial charge in [-0.25, -0.2) is 9.59 Å². The Morgan fingerprint density at radius 3 is 2.13 bits per heavy atom. The van der Waals surface area contributed by atoms with Crippen molar-refractivity contribution in [2.75, 3.05) is 20.8 Å². The van der Waals surface area contributed by atoms with Crippen LogP contribution in [0.15, 0.2) is 41.5 Å². The zero-order valence-electron chi connectivity index (χ0n) is 27.4. The number of carbonyl (C=O) groups is 4. The summed E-state index contributed by atoms with van der Waals surface area (Å²) in [4.78, 5) is 54.0. The van der Waals surface area contributed by atoms with Crippen LogP contribution in [0.2, 0.25) is 0 Å². The maximum atomic E-state index is 14.9. The summed E-state index contributed by atoms with van der Waals surface area (Å²) >= 11 is 0. The first-order chi connectivity index (χ1) is 21.4. The molecule has 0 spiro atoms. The van der Waals surface area contributed by atoms with E-state index in [-0.39, 0.29) is 29.7 Å². The van der Waals surface area contributed by atoms with Crippen LogP contribution in [0.4, 0.5) is 4.79 Å². The predicted molar refractivity (Wildman–Crippen MR) is 159 cm³/mol. The van der Waals surface area contributed by atoms with E-state index in [2.05, 4.69) is 0 Å². The molecule has 3 aliphatic carbocycles. The van der Waals surface area contributed by atoms with Crippen LogP contribution in [0.1, 0.15) is 64.7 Å². The molecule has 0 radical (unpaired) electrons. The molecule has 2 bridgehead atoms. The number of carbonyl (C=O) groups excluding carboxylic acids is 4. The lowest BCUT2D eigenvalue weighted by atomic mass is 9.44. The molecule has 13 heteroatoms. The molecule has 254 valence electrons. The summed E-state index contributed by atoms with van der Waals surface area (Å²) < 4.78 is 28.4. The van der Waals surface area contributed by atoms with Gasteiger partial charge in [0.1, 0.15) is 17.8 Å². The summed E-state index contributed by atoms with van der Waals surface area (Å²) in [6, 6.07) is 7.99. The van der Waals surface area contributed by atoms with Gasteiger partial charge in [-0.3, -0.25) is 9.59 Å². The molecule has 4 N–H and O–H groups in total. The fraction of sp³-hybridized carbons (Fsp3) is 0.636. The summed E-state index contributed by atoms with van der Waals surface area (Å²) in [6.45, 7) is 8.52. The normalized spacial score (nSPS) is 39.0. The molecule has 1 saturated heterocycles. The molecular weight excluding hydrogens is 604 g/mol. The zero-order valence-corrected chi connectivity index (χ0v) is 27.4. The van der Waals surface area contributed by atoms with E-state index in [4.69, 9.17) is 28.8 Å². The van der Waals surface area contributed by atoms with Gasteiger partial charge in [0.05, 0.1) is 42.3 Å². The van der Waals surface area contributed by atoms with E-state index in [1.54, 1.807) is 39.0 Å². The number of aliphatic hydroxyl groups excluding tert-OH is 2. The first-order valence-corrected chi connectivity index (χ1v) is 15.0. The van der Waals surface area contributed by atoms with E-state index in [9.17, 15) is 34.5 Å². The first kappa shape index (κ1) is 35.5. The minimum Gasteiger partial charge on any atom is -0.455 e. The van der Waals surface area contributed by atoms with Crippen molar-refractivity contribution < 1.29 is 63.3 Å². The van der Waals surface area contributed by atoms with Crippen molar-refractivity contribution in [2.45, 2.75) is 95.6 Å². The van der Waals surface area contributed by atoms with E-state index in [1.807, 2.05) is 0 Å². The van der Waals surface area contributed by atoms with Gasteiger partial charge in [-0.2, -0.15) is 0 Å². The topological polar surface area (TPSA) is 195 Å². The lowest BCUT2D eigenvalue weighted by Gasteiger charge is -2.67. The minimum absolute atomic E-state index is 0.124. The van der Waals surface area contributed by atoms with Crippen LogP contribution < -0.4 is 0 Å². The average molecular weight is 649 g/mol. The number of rotatable bonds is 4. The van der Waals surface area contributed by atoms with Crippen LogP contribution in [0.5, 0.6) is 0 Å². The molecule has 0 aromatic heterocycles. The number of fused-ring (bicyclic) bond motifs is 5. The van der Waals surface area contributed by atoms with E-state index in [0.29, 0.717) is 0 Å². The smallest absolute Gasteiger partial charge is 0.455 e. The molecule has 1 heterocycles. The molecule has 2 saturated carbocycles. The molecule has 1 aliphatic heterocycles. The SMILES string of the molecule is CO.COC(=O)O[C@@]12CO[C@@H]1C[C@H](O)[C@@]1(C)C(=O)[C@H](OC(C)=O)C3=C(C)[C@@](C)(O)C[C@@](O)([C@@H](OC(=O)c4ccccc4)C12)C3(C)C. The predicted octanol–water partition coefficient (Wildman–Crippen LogP) is 1.87. The summed E-state index contributed by atoms with van der Waals surface area (Å²) in [5.74, 6) is -3.90. The fourth-order valence-electron chi connectivity index (χ4n) is 8.07. The molecule has 5 rings (SSSR count). The fourth-order valence-corrected chi connectivity index (χ4v) is 8.07. The van der Waals surface area contributed by atoms with Crippen LogP contribution >= 0.6 is 0 Å². The largest absolute Gasteiger partial charge is 0.508 e. The number of ether oxygens (including phenoxy) is 5. The Labute approximate surface area is 267 Å². The quantitative estimate of drug-likeness (QED) is 0.210. The summed E-state index contributed by atoms with van der Waals surface area (Å²) in [6.07, 6.45) is -7.46. The monoisotopic (exact) mass is 648 g/mol. The molecule has 1 aromatic carbocycles. The van der Waals surface area contributed by atoms with Gasteiger partial charge < -0.3 is 44.1 Å². The Hall–Kier alpha value is -3.36. The van der Waals surface area contributed by atoms with Crippen LogP contribution in [-0.2, 0) is 33.3 Å². The molecule has 46 heavy (non-hydrogen) atoms. The van der Waals surface area contributed by atoms with Crippen molar-refractivity contribution in [3.8, 4) is 0 Å². The number of esters is 2. The Balaban J connectivity index is 0.00000235. The summed E-state index contributed by atoms with van der Waals surface area (Å²) in [5, 5.41) is 43.6. The van der Waals surface area contributed by atoms with Crippen molar-refractivity contribution in [1.82, 2.24) is 0 Å². The lowest BCUT2D eigenvalue weighted by Crippen LogP contribution is -2.82. The molecule has 9 atom stereocenters. The van der Waals surface area contributed by atoms with Gasteiger partial charge in [0.15, 0.2) is 17.5 Å². The number of ketones is 1. The second-order valence-electron chi connectivity index (χ2n) is 13.4. The first-order valence-electron chi connectivity index (χ1n) is 15.0. The highest BCUT2D eigenvalue weighted by molar-refractivity contribution is 5.95. The van der Waals surface area contributed by atoms with Crippen LogP contribution in [0.3, 0.4) is 0 Å². The Kier molecular flexibility index (Phi) is 9.27.